The molecule has 3 nitrogen and oxygen atoms in total. The third kappa shape index (κ3) is 2.81. The molecule has 0 bridgehead atoms. The molecule has 4 heteroatoms. The summed E-state index contributed by atoms with van der Waals surface area (Å²) in [6, 6.07) is 7.02. The molecule has 1 aromatic carbocycles. The molecule has 0 aromatic heterocycles. The van der Waals surface area contributed by atoms with Gasteiger partial charge in [-0.2, -0.15) is 0 Å². The summed E-state index contributed by atoms with van der Waals surface area (Å²) < 4.78 is 1.01. The Morgan fingerprint density at radius 3 is 2.68 bits per heavy atom. The molecule has 1 N–H and O–H groups in total. The molecule has 19 heavy (non-hydrogen) atoms. The predicted octanol–water partition coefficient (Wildman–Crippen LogP) is 2.62. The molecule has 2 heterocycles. The highest BCUT2D eigenvalue weighted by atomic mass is 79.9. The second kappa shape index (κ2) is 5.81. The van der Waals surface area contributed by atoms with Crippen molar-refractivity contribution < 1.29 is 5.11 Å². The molecule has 104 valence electrons. The van der Waals surface area contributed by atoms with E-state index < -0.39 is 0 Å². The van der Waals surface area contributed by atoms with E-state index in [1.54, 1.807) is 0 Å². The predicted molar refractivity (Wildman–Crippen MR) is 81.5 cm³/mol. The van der Waals surface area contributed by atoms with Crippen LogP contribution >= 0.6 is 15.9 Å². The van der Waals surface area contributed by atoms with Gasteiger partial charge < -0.3 is 10.0 Å². The number of hydrogen-bond donors (Lipinski definition) is 1. The fourth-order valence-electron chi connectivity index (χ4n) is 3.24. The maximum atomic E-state index is 9.21. The topological polar surface area (TPSA) is 26.7 Å². The van der Waals surface area contributed by atoms with Gasteiger partial charge in [-0.05, 0) is 50.0 Å². The molecule has 1 atom stereocenters. The van der Waals surface area contributed by atoms with Crippen LogP contribution in [0.4, 0.5) is 5.69 Å². The summed E-state index contributed by atoms with van der Waals surface area (Å²) in [7, 11) is 0. The molecular formula is C15H21BrN2O. The van der Waals surface area contributed by atoms with Crippen molar-refractivity contribution in [1.29, 1.82) is 0 Å². The SMILES string of the molecule is OCc1ccc(N2CCC(N3CCCC3)C2)cc1Br. The largest absolute Gasteiger partial charge is 0.392 e. The number of anilines is 1. The second-order valence-electron chi connectivity index (χ2n) is 5.57. The highest BCUT2D eigenvalue weighted by molar-refractivity contribution is 9.10. The second-order valence-corrected chi connectivity index (χ2v) is 6.42. The lowest BCUT2D eigenvalue weighted by Crippen LogP contribution is -2.35. The standard InChI is InChI=1S/C15H21BrN2O/c16-15-9-13(4-3-12(15)11-19)18-8-5-14(10-18)17-6-1-2-7-17/h3-4,9,14,19H,1-2,5-8,10-11H2. The minimum absolute atomic E-state index is 0.0945. The van der Waals surface area contributed by atoms with Gasteiger partial charge in [-0.3, -0.25) is 4.90 Å². The number of aliphatic hydroxyl groups excluding tert-OH is 1. The molecule has 2 aliphatic rings. The lowest BCUT2D eigenvalue weighted by molar-refractivity contribution is 0.260. The Bertz CT molecular complexity index is 446. The number of halogens is 1. The summed E-state index contributed by atoms with van der Waals surface area (Å²) in [6.07, 6.45) is 4.01. The van der Waals surface area contributed by atoms with Gasteiger partial charge in [-0.1, -0.05) is 22.0 Å². The van der Waals surface area contributed by atoms with E-state index in [-0.39, 0.29) is 6.61 Å². The number of rotatable bonds is 3. The lowest BCUT2D eigenvalue weighted by atomic mass is 10.2. The van der Waals surface area contributed by atoms with Crippen molar-refractivity contribution in [3.05, 3.63) is 28.2 Å². The van der Waals surface area contributed by atoms with Crippen LogP contribution in [-0.4, -0.2) is 42.2 Å². The van der Waals surface area contributed by atoms with Crippen LogP contribution in [0.25, 0.3) is 0 Å². The number of likely N-dealkylation sites (tertiary alicyclic amines) is 1. The summed E-state index contributed by atoms with van der Waals surface area (Å²) >= 11 is 3.54. The Hall–Kier alpha value is -0.580. The number of hydrogen-bond acceptors (Lipinski definition) is 3. The average molecular weight is 325 g/mol. The van der Waals surface area contributed by atoms with Gasteiger partial charge in [0.25, 0.3) is 0 Å². The molecule has 0 aliphatic carbocycles. The van der Waals surface area contributed by atoms with Crippen molar-refractivity contribution >= 4 is 21.6 Å². The minimum Gasteiger partial charge on any atom is -0.392 e. The molecule has 0 amide bonds. The van der Waals surface area contributed by atoms with Crippen molar-refractivity contribution in [1.82, 2.24) is 4.90 Å². The van der Waals surface area contributed by atoms with Crippen LogP contribution in [0.1, 0.15) is 24.8 Å². The molecule has 2 aliphatic heterocycles. The molecule has 0 radical (unpaired) electrons. The minimum atomic E-state index is 0.0945. The van der Waals surface area contributed by atoms with Gasteiger partial charge >= 0.3 is 0 Å². The van der Waals surface area contributed by atoms with E-state index in [9.17, 15) is 5.11 Å². The van der Waals surface area contributed by atoms with Crippen LogP contribution in [0.2, 0.25) is 0 Å². The Labute approximate surface area is 123 Å². The average Bonchev–Trinajstić information content (AvgIpc) is 3.09. The Morgan fingerprint density at radius 2 is 2.00 bits per heavy atom. The van der Waals surface area contributed by atoms with E-state index in [4.69, 9.17) is 0 Å². The summed E-state index contributed by atoms with van der Waals surface area (Å²) in [6.45, 7) is 4.95. The highest BCUT2D eigenvalue weighted by Crippen LogP contribution is 2.29. The monoisotopic (exact) mass is 324 g/mol. The Kier molecular flexibility index (Phi) is 4.10. The van der Waals surface area contributed by atoms with Gasteiger partial charge in [0.15, 0.2) is 0 Å². The van der Waals surface area contributed by atoms with Gasteiger partial charge in [-0.25, -0.2) is 0 Å². The van der Waals surface area contributed by atoms with E-state index in [0.29, 0.717) is 0 Å². The summed E-state index contributed by atoms with van der Waals surface area (Å²) in [5.41, 5.74) is 2.23. The first kappa shape index (κ1) is 13.4. The van der Waals surface area contributed by atoms with Crippen molar-refractivity contribution in [2.24, 2.45) is 0 Å². The van der Waals surface area contributed by atoms with E-state index in [1.165, 1.54) is 38.0 Å². The maximum absolute atomic E-state index is 9.21. The van der Waals surface area contributed by atoms with Crippen LogP contribution in [0.15, 0.2) is 22.7 Å². The molecule has 0 saturated carbocycles. The zero-order valence-corrected chi connectivity index (χ0v) is 12.8. The van der Waals surface area contributed by atoms with Crippen LogP contribution in [-0.2, 0) is 6.61 Å². The Balaban J connectivity index is 1.68. The molecule has 2 saturated heterocycles. The lowest BCUT2D eigenvalue weighted by Gasteiger charge is -2.24. The van der Waals surface area contributed by atoms with Crippen molar-refractivity contribution in [2.75, 3.05) is 31.1 Å². The first-order valence-corrected chi connectivity index (χ1v) is 7.95. The van der Waals surface area contributed by atoms with E-state index >= 15 is 0 Å². The fraction of sp³-hybridized carbons (Fsp3) is 0.600. The van der Waals surface area contributed by atoms with Gasteiger partial charge in [0.1, 0.15) is 0 Å². The van der Waals surface area contributed by atoms with Crippen LogP contribution in [0.3, 0.4) is 0 Å². The summed E-state index contributed by atoms with van der Waals surface area (Å²) in [5.74, 6) is 0. The van der Waals surface area contributed by atoms with Gasteiger partial charge in [0.2, 0.25) is 0 Å². The van der Waals surface area contributed by atoms with Crippen molar-refractivity contribution in [2.45, 2.75) is 31.9 Å². The van der Waals surface area contributed by atoms with E-state index in [2.05, 4.69) is 37.9 Å². The molecule has 1 aromatic rings. The van der Waals surface area contributed by atoms with Gasteiger partial charge in [-0.15, -0.1) is 0 Å². The zero-order valence-electron chi connectivity index (χ0n) is 11.2. The molecule has 1 unspecified atom stereocenters. The molecule has 2 fully saturated rings. The first-order chi connectivity index (χ1) is 9.28. The third-order valence-electron chi connectivity index (χ3n) is 4.39. The van der Waals surface area contributed by atoms with Crippen molar-refractivity contribution in [3.63, 3.8) is 0 Å². The zero-order chi connectivity index (χ0) is 13.2. The van der Waals surface area contributed by atoms with E-state index in [0.717, 1.165) is 29.2 Å². The summed E-state index contributed by atoms with van der Waals surface area (Å²) in [5, 5.41) is 9.21. The normalized spacial score (nSPS) is 24.3. The maximum Gasteiger partial charge on any atom is 0.0692 e. The quantitative estimate of drug-likeness (QED) is 0.925. The number of nitrogens with zero attached hydrogens (tertiary/aromatic N) is 2. The van der Waals surface area contributed by atoms with Gasteiger partial charge in [0, 0.05) is 29.3 Å². The van der Waals surface area contributed by atoms with Crippen LogP contribution < -0.4 is 4.90 Å². The Morgan fingerprint density at radius 1 is 1.21 bits per heavy atom. The highest BCUT2D eigenvalue weighted by Gasteiger charge is 2.29. The molecular weight excluding hydrogens is 304 g/mol. The number of aliphatic hydroxyl groups is 1. The molecule has 3 rings (SSSR count). The first-order valence-electron chi connectivity index (χ1n) is 7.16. The smallest absolute Gasteiger partial charge is 0.0692 e. The van der Waals surface area contributed by atoms with Gasteiger partial charge in [0.05, 0.1) is 6.61 Å². The van der Waals surface area contributed by atoms with Crippen LogP contribution in [0.5, 0.6) is 0 Å². The number of benzene rings is 1. The fourth-order valence-corrected chi connectivity index (χ4v) is 3.73. The van der Waals surface area contributed by atoms with E-state index in [1.807, 2.05) is 6.07 Å². The third-order valence-corrected chi connectivity index (χ3v) is 5.13. The summed E-state index contributed by atoms with van der Waals surface area (Å²) in [4.78, 5) is 5.12. The van der Waals surface area contributed by atoms with Crippen LogP contribution in [0, 0.1) is 0 Å². The van der Waals surface area contributed by atoms with Crippen molar-refractivity contribution in [3.8, 4) is 0 Å². The molecule has 0 spiro atoms.